The van der Waals surface area contributed by atoms with Gasteiger partial charge < -0.3 is 14.0 Å². The molecule has 1 aromatic carbocycles. The SMILES string of the molecule is CCOC(=O)C=Cc1ccc(B2OC(C)(C)C(C)(C)O2)cc1F. The van der Waals surface area contributed by atoms with E-state index in [1.165, 1.54) is 18.2 Å². The molecule has 1 fully saturated rings. The van der Waals surface area contributed by atoms with Crippen LogP contribution in [0, 0.1) is 5.82 Å². The van der Waals surface area contributed by atoms with Crippen LogP contribution in [0.5, 0.6) is 0 Å². The van der Waals surface area contributed by atoms with Crippen LogP contribution < -0.4 is 5.46 Å². The predicted octanol–water partition coefficient (Wildman–Crippen LogP) is 2.70. The minimum atomic E-state index is -0.613. The Morgan fingerprint density at radius 2 is 1.87 bits per heavy atom. The summed E-state index contributed by atoms with van der Waals surface area (Å²) in [5.74, 6) is -0.945. The first-order valence-corrected chi connectivity index (χ1v) is 7.66. The lowest BCUT2D eigenvalue weighted by Crippen LogP contribution is -2.41. The normalized spacial score (nSPS) is 19.3. The number of carbonyl (C=O) groups is 1. The molecular formula is C17H22BFO4. The van der Waals surface area contributed by atoms with Gasteiger partial charge in [0.2, 0.25) is 0 Å². The van der Waals surface area contributed by atoms with Crippen molar-refractivity contribution in [3.8, 4) is 0 Å². The molecule has 2 rings (SSSR count). The van der Waals surface area contributed by atoms with Gasteiger partial charge >= 0.3 is 13.1 Å². The maximum absolute atomic E-state index is 14.2. The highest BCUT2D eigenvalue weighted by Crippen LogP contribution is 2.36. The summed E-state index contributed by atoms with van der Waals surface area (Å²) in [7, 11) is -0.613. The quantitative estimate of drug-likeness (QED) is 0.486. The molecule has 0 atom stereocenters. The highest BCUT2D eigenvalue weighted by Gasteiger charge is 2.51. The number of halogens is 1. The van der Waals surface area contributed by atoms with Crippen molar-refractivity contribution < 1.29 is 23.2 Å². The summed E-state index contributed by atoms with van der Waals surface area (Å²) in [6.45, 7) is 9.78. The molecule has 0 radical (unpaired) electrons. The average Bonchev–Trinajstić information content (AvgIpc) is 2.66. The number of rotatable bonds is 4. The molecule has 0 bridgehead atoms. The van der Waals surface area contributed by atoms with Crippen molar-refractivity contribution in [2.45, 2.75) is 45.8 Å². The molecule has 0 unspecified atom stereocenters. The number of carbonyl (C=O) groups excluding carboxylic acids is 1. The van der Waals surface area contributed by atoms with E-state index in [0.717, 1.165) is 0 Å². The first-order chi connectivity index (χ1) is 10.7. The third kappa shape index (κ3) is 3.82. The van der Waals surface area contributed by atoms with Gasteiger partial charge in [-0.15, -0.1) is 0 Å². The van der Waals surface area contributed by atoms with Crippen LogP contribution >= 0.6 is 0 Å². The number of ether oxygens (including phenoxy) is 1. The summed E-state index contributed by atoms with van der Waals surface area (Å²) >= 11 is 0. The maximum atomic E-state index is 14.2. The maximum Gasteiger partial charge on any atom is 0.494 e. The van der Waals surface area contributed by atoms with Crippen LogP contribution in [0.15, 0.2) is 24.3 Å². The Hall–Kier alpha value is -1.66. The van der Waals surface area contributed by atoms with E-state index in [0.29, 0.717) is 11.0 Å². The first kappa shape index (κ1) is 17.7. The summed E-state index contributed by atoms with van der Waals surface area (Å²) in [5.41, 5.74) is -0.0412. The molecule has 4 nitrogen and oxygen atoms in total. The molecule has 1 aromatic rings. The summed E-state index contributed by atoms with van der Waals surface area (Å²) in [4.78, 5) is 11.3. The Bertz CT molecular complexity index is 609. The molecule has 1 aliphatic rings. The minimum absolute atomic E-state index is 0.284. The van der Waals surface area contributed by atoms with Crippen molar-refractivity contribution in [2.24, 2.45) is 0 Å². The van der Waals surface area contributed by atoms with E-state index in [1.807, 2.05) is 27.7 Å². The number of hydrogen-bond acceptors (Lipinski definition) is 4. The van der Waals surface area contributed by atoms with Crippen molar-refractivity contribution in [1.82, 2.24) is 0 Å². The van der Waals surface area contributed by atoms with Gasteiger partial charge in [-0.1, -0.05) is 12.1 Å². The molecule has 0 aliphatic carbocycles. The standard InChI is InChI=1S/C17H22BFO4/c1-6-21-15(20)10-8-12-7-9-13(11-14(12)19)18-22-16(2,3)17(4,5)23-18/h7-11H,6H2,1-5H3. The fourth-order valence-corrected chi connectivity index (χ4v) is 2.15. The van der Waals surface area contributed by atoms with Gasteiger partial charge in [0.15, 0.2) is 0 Å². The summed E-state index contributed by atoms with van der Waals surface area (Å²) < 4.78 is 30.8. The Morgan fingerprint density at radius 3 is 2.39 bits per heavy atom. The molecule has 6 heteroatoms. The molecule has 1 heterocycles. The third-order valence-electron chi connectivity index (χ3n) is 4.24. The lowest BCUT2D eigenvalue weighted by molar-refractivity contribution is -0.137. The molecule has 0 aromatic heterocycles. The van der Waals surface area contributed by atoms with E-state index in [9.17, 15) is 9.18 Å². The van der Waals surface area contributed by atoms with Crippen LogP contribution in [0.1, 0.15) is 40.2 Å². The summed E-state index contributed by atoms with van der Waals surface area (Å²) in [6.07, 6.45) is 2.59. The van der Waals surface area contributed by atoms with Crippen LogP contribution in [0.3, 0.4) is 0 Å². The molecule has 0 N–H and O–H groups in total. The van der Waals surface area contributed by atoms with E-state index in [4.69, 9.17) is 14.0 Å². The summed E-state index contributed by atoms with van der Waals surface area (Å²) in [6, 6.07) is 4.69. The van der Waals surface area contributed by atoms with E-state index >= 15 is 0 Å². The van der Waals surface area contributed by atoms with Gasteiger partial charge in [-0.3, -0.25) is 0 Å². The Labute approximate surface area is 136 Å². The zero-order chi connectivity index (χ0) is 17.3. The van der Waals surface area contributed by atoms with Gasteiger partial charge in [-0.25, -0.2) is 9.18 Å². The molecule has 23 heavy (non-hydrogen) atoms. The Balaban J connectivity index is 2.16. The van der Waals surface area contributed by atoms with E-state index in [1.54, 1.807) is 19.1 Å². The van der Waals surface area contributed by atoms with Crippen LogP contribution in [-0.4, -0.2) is 30.9 Å². The van der Waals surface area contributed by atoms with Crippen LogP contribution in [0.2, 0.25) is 0 Å². The van der Waals surface area contributed by atoms with Gasteiger partial charge in [0, 0.05) is 11.6 Å². The summed E-state index contributed by atoms with van der Waals surface area (Å²) in [5, 5.41) is 0. The minimum Gasteiger partial charge on any atom is -0.463 e. The van der Waals surface area contributed by atoms with Gasteiger partial charge in [0.05, 0.1) is 17.8 Å². The van der Waals surface area contributed by atoms with E-state index in [2.05, 4.69) is 0 Å². The highest BCUT2D eigenvalue weighted by molar-refractivity contribution is 6.62. The van der Waals surface area contributed by atoms with Crippen molar-refractivity contribution in [3.63, 3.8) is 0 Å². The van der Waals surface area contributed by atoms with Gasteiger partial charge in [-0.05, 0) is 52.2 Å². The second-order valence-corrected chi connectivity index (χ2v) is 6.45. The molecule has 0 amide bonds. The smallest absolute Gasteiger partial charge is 0.463 e. The molecule has 1 aliphatic heterocycles. The van der Waals surface area contributed by atoms with Crippen LogP contribution in [0.4, 0.5) is 4.39 Å². The molecule has 1 saturated heterocycles. The lowest BCUT2D eigenvalue weighted by atomic mass is 9.78. The van der Waals surface area contributed by atoms with Gasteiger partial charge in [0.1, 0.15) is 5.82 Å². The second kappa shape index (κ2) is 6.45. The van der Waals surface area contributed by atoms with E-state index in [-0.39, 0.29) is 6.61 Å². The largest absolute Gasteiger partial charge is 0.494 e. The van der Waals surface area contributed by atoms with Crippen molar-refractivity contribution in [3.05, 3.63) is 35.7 Å². The monoisotopic (exact) mass is 320 g/mol. The molecule has 0 saturated carbocycles. The Morgan fingerprint density at radius 1 is 1.26 bits per heavy atom. The van der Waals surface area contributed by atoms with Crippen molar-refractivity contribution >= 4 is 24.6 Å². The lowest BCUT2D eigenvalue weighted by Gasteiger charge is -2.32. The van der Waals surface area contributed by atoms with Crippen molar-refractivity contribution in [2.75, 3.05) is 6.61 Å². The zero-order valence-electron chi connectivity index (χ0n) is 14.2. The first-order valence-electron chi connectivity index (χ1n) is 7.66. The van der Waals surface area contributed by atoms with Crippen LogP contribution in [-0.2, 0) is 18.8 Å². The fourth-order valence-electron chi connectivity index (χ4n) is 2.15. The molecule has 124 valence electrons. The second-order valence-electron chi connectivity index (χ2n) is 6.45. The number of hydrogen-bond donors (Lipinski definition) is 0. The fraction of sp³-hybridized carbons (Fsp3) is 0.471. The average molecular weight is 320 g/mol. The molecule has 0 spiro atoms. The van der Waals surface area contributed by atoms with Gasteiger partial charge in [-0.2, -0.15) is 0 Å². The predicted molar refractivity (Wildman–Crippen MR) is 87.8 cm³/mol. The highest BCUT2D eigenvalue weighted by atomic mass is 19.1. The molecular weight excluding hydrogens is 298 g/mol. The third-order valence-corrected chi connectivity index (χ3v) is 4.24. The van der Waals surface area contributed by atoms with Crippen molar-refractivity contribution in [1.29, 1.82) is 0 Å². The van der Waals surface area contributed by atoms with Gasteiger partial charge in [0.25, 0.3) is 0 Å². The Kier molecular flexibility index (Phi) is 4.97. The topological polar surface area (TPSA) is 44.8 Å². The number of esters is 1. The number of benzene rings is 1. The van der Waals surface area contributed by atoms with E-state index < -0.39 is 30.1 Å². The van der Waals surface area contributed by atoms with Crippen LogP contribution in [0.25, 0.3) is 6.08 Å². The zero-order valence-corrected chi connectivity index (χ0v) is 14.2.